The molecule has 3 heterocycles. The first-order chi connectivity index (χ1) is 36.7. The molecule has 0 N–H and O–H groups in total. The molecule has 0 fully saturated rings. The molecule has 0 saturated heterocycles. The zero-order valence-corrected chi connectivity index (χ0v) is 44.4. The summed E-state index contributed by atoms with van der Waals surface area (Å²) in [7, 11) is 0. The van der Waals surface area contributed by atoms with Crippen LogP contribution in [0.25, 0.3) is 72.1 Å². The number of anilines is 4. The fraction of sp³-hybridized carbons (Fsp3) is 0.118. The van der Waals surface area contributed by atoms with E-state index >= 15 is 0 Å². The van der Waals surface area contributed by atoms with Crippen molar-refractivity contribution in [2.75, 3.05) is 9.80 Å². The molecule has 9 aromatic carbocycles. The van der Waals surface area contributed by atoms with Gasteiger partial charge < -0.3 is 19.1 Å². The summed E-state index contributed by atoms with van der Waals surface area (Å²) < 4.78 is 35.5. The van der Waals surface area contributed by atoms with E-state index in [9.17, 15) is 1.37 Å². The monoisotopic (exact) mass is 1140 g/mol. The molecule has 2 aromatic heterocycles. The predicted octanol–water partition coefficient (Wildman–Crippen LogP) is 18.2. The van der Waals surface area contributed by atoms with Crippen LogP contribution in [0.1, 0.15) is 56.8 Å². The number of rotatable bonds is 9. The third-order valence-electron chi connectivity index (χ3n) is 13.7. The van der Waals surface area contributed by atoms with Crippen molar-refractivity contribution in [3.05, 3.63) is 248 Å². The van der Waals surface area contributed by atoms with Crippen molar-refractivity contribution in [3.63, 3.8) is 0 Å². The summed E-state index contributed by atoms with van der Waals surface area (Å²) in [6.45, 7) is 14.9. The maximum atomic E-state index is 9.40. The second-order valence-electron chi connectivity index (χ2n) is 20.8. The Morgan fingerprint density at radius 3 is 1.68 bits per heavy atom. The van der Waals surface area contributed by atoms with E-state index in [4.69, 9.17) is 7.48 Å². The van der Waals surface area contributed by atoms with E-state index in [2.05, 4.69) is 200 Å². The number of nitrogens with zero attached hydrogens (tertiary/aromatic N) is 4. The molecule has 0 unspecified atom stereocenters. The fourth-order valence-corrected chi connectivity index (χ4v) is 9.94. The first-order valence-electron chi connectivity index (χ1n) is 26.4. The minimum absolute atomic E-state index is 0. The van der Waals surface area contributed by atoms with Gasteiger partial charge in [-0.25, -0.2) is 4.98 Å². The van der Waals surface area contributed by atoms with Gasteiger partial charge in [-0.15, -0.1) is 48.1 Å². The SMILES string of the molecule is [2H]c1nc(-n2c3[c-]c(Oc4[c-]c(N5[CH-]N(c6c(-c7cccc(-c8ccccc8)c7)cc(C(C)(C)C)cc6-c6cccc(-c7ccccc7)c6)c6ccccc65)ccc4)ccc3c3ccccc32)c([2H])c(C(C)(C)C)c1[2H].[Pt]. The molecule has 0 saturated carbocycles. The Kier molecular flexibility index (Phi) is 11.8. The van der Waals surface area contributed by atoms with Gasteiger partial charge in [0, 0.05) is 72.4 Å². The Hall–Kier alpha value is -7.98. The van der Waals surface area contributed by atoms with Crippen molar-refractivity contribution in [2.24, 2.45) is 0 Å². The topological polar surface area (TPSA) is 33.5 Å². The molecular formula is C68H55N4OPt-3. The van der Waals surface area contributed by atoms with Crippen molar-refractivity contribution in [1.29, 1.82) is 0 Å². The molecule has 6 heteroatoms. The van der Waals surface area contributed by atoms with Gasteiger partial charge in [0.2, 0.25) is 0 Å². The minimum Gasteiger partial charge on any atom is -0.509 e. The number of hydrogen-bond donors (Lipinski definition) is 0. The second kappa shape index (κ2) is 19.5. The molecule has 0 bridgehead atoms. The standard InChI is InChI=1S/C68H55N4O.Pt/c1-67(2,3)52-36-37-69-65(42-52)72-61-31-14-13-30-57(61)58-35-34-56(44-64(58)72)73-55-29-19-28-54(43-55)70-45-71(63-33-16-15-32-62(63)70)66-59(50-26-17-24-48(38-50)46-20-9-7-10-21-46)40-53(68(4,5)6)41-60(66)51-27-18-25-49(39-51)47-22-11-8-12-23-47;/h7-42,45H,1-6H3;/q-3;/i36D,37D,42D;. The molecule has 0 atom stereocenters. The number of benzene rings is 9. The van der Waals surface area contributed by atoms with Crippen LogP contribution in [-0.4, -0.2) is 9.55 Å². The van der Waals surface area contributed by atoms with E-state index in [0.29, 0.717) is 22.6 Å². The average Bonchev–Trinajstić information content (AvgIpc) is 4.15. The summed E-state index contributed by atoms with van der Waals surface area (Å²) in [6, 6.07) is 77.3. The van der Waals surface area contributed by atoms with E-state index in [-0.39, 0.29) is 50.6 Å². The van der Waals surface area contributed by atoms with Crippen LogP contribution < -0.4 is 14.5 Å². The summed E-state index contributed by atoms with van der Waals surface area (Å²) in [5.74, 6) is 1.22. The van der Waals surface area contributed by atoms with Gasteiger partial charge in [0.25, 0.3) is 0 Å². The molecule has 1 aliphatic rings. The molecule has 0 spiro atoms. The third-order valence-corrected chi connectivity index (χ3v) is 13.7. The summed E-state index contributed by atoms with van der Waals surface area (Å²) in [5.41, 5.74) is 15.3. The summed E-state index contributed by atoms with van der Waals surface area (Å²) in [4.78, 5) is 9.10. The summed E-state index contributed by atoms with van der Waals surface area (Å²) >= 11 is 0. The van der Waals surface area contributed by atoms with E-state index in [0.717, 1.165) is 83.5 Å². The van der Waals surface area contributed by atoms with Crippen LogP contribution in [-0.2, 0) is 31.9 Å². The van der Waals surface area contributed by atoms with Crippen LogP contribution >= 0.6 is 0 Å². The third kappa shape index (κ3) is 9.11. The number of ether oxygens (including phenoxy) is 1. The van der Waals surface area contributed by atoms with Gasteiger partial charge >= 0.3 is 0 Å². The van der Waals surface area contributed by atoms with Gasteiger partial charge in [-0.05, 0) is 115 Å². The summed E-state index contributed by atoms with van der Waals surface area (Å²) in [6.07, 6.45) is -0.177. The molecule has 12 rings (SSSR count). The molecule has 0 aliphatic carbocycles. The molecule has 0 radical (unpaired) electrons. The normalized spacial score (nSPS) is 13.1. The van der Waals surface area contributed by atoms with Crippen molar-refractivity contribution >= 4 is 44.6 Å². The van der Waals surface area contributed by atoms with Crippen molar-refractivity contribution in [3.8, 4) is 61.8 Å². The Bertz CT molecular complexity index is 3930. The predicted molar refractivity (Wildman–Crippen MR) is 303 cm³/mol. The molecule has 1 aliphatic heterocycles. The first-order valence-corrected chi connectivity index (χ1v) is 24.9. The molecule has 366 valence electrons. The van der Waals surface area contributed by atoms with Crippen LogP contribution in [0.3, 0.4) is 0 Å². The Labute approximate surface area is 453 Å². The van der Waals surface area contributed by atoms with Crippen molar-refractivity contribution < 1.29 is 29.9 Å². The zero-order chi connectivity index (χ0) is 52.5. The van der Waals surface area contributed by atoms with Gasteiger partial charge in [0.1, 0.15) is 5.82 Å². The van der Waals surface area contributed by atoms with Gasteiger partial charge in [-0.3, -0.25) is 0 Å². The molecule has 0 amide bonds. The maximum Gasteiger partial charge on any atom is 0.135 e. The number of para-hydroxylation sites is 3. The molecule has 11 aromatic rings. The van der Waals surface area contributed by atoms with Gasteiger partial charge in [-0.2, -0.15) is 12.1 Å². The van der Waals surface area contributed by atoms with Crippen LogP contribution in [0, 0.1) is 18.8 Å². The molecule has 74 heavy (non-hydrogen) atoms. The largest absolute Gasteiger partial charge is 0.509 e. The van der Waals surface area contributed by atoms with E-state index in [1.165, 1.54) is 5.56 Å². The van der Waals surface area contributed by atoms with Crippen LogP contribution in [0.2, 0.25) is 0 Å². The van der Waals surface area contributed by atoms with Crippen LogP contribution in [0.4, 0.5) is 22.7 Å². The maximum absolute atomic E-state index is 9.40. The van der Waals surface area contributed by atoms with Gasteiger partial charge in [-0.1, -0.05) is 174 Å². The number of hydrogen-bond acceptors (Lipinski definition) is 4. The molecular weight excluding hydrogens is 1080 g/mol. The van der Waals surface area contributed by atoms with E-state index in [1.807, 2.05) is 79.9 Å². The van der Waals surface area contributed by atoms with Crippen LogP contribution in [0.15, 0.2) is 218 Å². The number of pyridine rings is 1. The fourth-order valence-electron chi connectivity index (χ4n) is 9.94. The van der Waals surface area contributed by atoms with E-state index < -0.39 is 5.41 Å². The van der Waals surface area contributed by atoms with Gasteiger partial charge in [0.05, 0.1) is 4.11 Å². The van der Waals surface area contributed by atoms with Gasteiger partial charge in [0.15, 0.2) is 0 Å². The Morgan fingerprint density at radius 2 is 1.04 bits per heavy atom. The van der Waals surface area contributed by atoms with Crippen molar-refractivity contribution in [1.82, 2.24) is 9.55 Å². The molecule has 5 nitrogen and oxygen atoms in total. The smallest absolute Gasteiger partial charge is 0.135 e. The first kappa shape index (κ1) is 44.7. The Morgan fingerprint density at radius 1 is 0.500 bits per heavy atom. The second-order valence-corrected chi connectivity index (χ2v) is 20.8. The quantitative estimate of drug-likeness (QED) is 0.135. The zero-order valence-electron chi connectivity index (χ0n) is 45.1. The minimum atomic E-state index is -0.562. The average molecular weight is 1140 g/mol. The number of fused-ring (bicyclic) bond motifs is 4. The number of aromatic nitrogens is 2. The van der Waals surface area contributed by atoms with E-state index in [1.54, 1.807) is 0 Å². The summed E-state index contributed by atoms with van der Waals surface area (Å²) in [5, 5.41) is 1.85. The van der Waals surface area contributed by atoms with Crippen molar-refractivity contribution in [2.45, 2.75) is 52.4 Å². The van der Waals surface area contributed by atoms with Crippen LogP contribution in [0.5, 0.6) is 11.5 Å². The Balaban J connectivity index is 0.00000631.